The number of benzene rings is 3. The highest BCUT2D eigenvalue weighted by molar-refractivity contribution is 5.77. The van der Waals surface area contributed by atoms with Gasteiger partial charge in [0, 0.05) is 5.56 Å². The van der Waals surface area contributed by atoms with Gasteiger partial charge in [-0.2, -0.15) is 0 Å². The predicted molar refractivity (Wildman–Crippen MR) is 127 cm³/mol. The van der Waals surface area contributed by atoms with Gasteiger partial charge in [0.15, 0.2) is 0 Å². The van der Waals surface area contributed by atoms with Crippen molar-refractivity contribution in [2.45, 2.75) is 52.1 Å². The molecule has 0 radical (unpaired) electrons. The summed E-state index contributed by atoms with van der Waals surface area (Å²) in [5.74, 6) is 0.607. The first-order valence-corrected chi connectivity index (χ1v) is 11.8. The number of carbonyl (C=O) groups excluding carboxylic acids is 1. The van der Waals surface area contributed by atoms with E-state index in [1.54, 1.807) is 6.07 Å². The highest BCUT2D eigenvalue weighted by Crippen LogP contribution is 2.49. The van der Waals surface area contributed by atoms with Crippen molar-refractivity contribution in [3.63, 3.8) is 0 Å². The molecule has 5 rings (SSSR count). The van der Waals surface area contributed by atoms with Gasteiger partial charge in [-0.05, 0) is 97.5 Å². The lowest BCUT2D eigenvalue weighted by molar-refractivity contribution is -0.144. The van der Waals surface area contributed by atoms with Crippen molar-refractivity contribution in [3.8, 4) is 16.9 Å². The largest absolute Gasteiger partial charge is 0.486 e. The van der Waals surface area contributed by atoms with E-state index in [1.807, 2.05) is 37.3 Å². The van der Waals surface area contributed by atoms with E-state index in [1.165, 1.54) is 16.7 Å². The Labute approximate surface area is 194 Å². The average molecular weight is 445 g/mol. The van der Waals surface area contributed by atoms with Gasteiger partial charge in [-0.25, -0.2) is 4.39 Å². The van der Waals surface area contributed by atoms with E-state index in [4.69, 9.17) is 9.47 Å². The molecule has 2 unspecified atom stereocenters. The van der Waals surface area contributed by atoms with Crippen LogP contribution >= 0.6 is 0 Å². The molecular formula is C29H29FO3. The molecule has 0 N–H and O–H groups in total. The van der Waals surface area contributed by atoms with Crippen molar-refractivity contribution in [2.75, 3.05) is 6.61 Å². The van der Waals surface area contributed by atoms with Gasteiger partial charge < -0.3 is 9.47 Å². The summed E-state index contributed by atoms with van der Waals surface area (Å²) in [5, 5.41) is 0. The lowest BCUT2D eigenvalue weighted by Gasteiger charge is -2.18. The predicted octanol–water partition coefficient (Wildman–Crippen LogP) is 6.84. The minimum atomic E-state index is -0.302. The second-order valence-corrected chi connectivity index (χ2v) is 9.17. The van der Waals surface area contributed by atoms with Gasteiger partial charge in [0.05, 0.1) is 12.5 Å². The Balaban J connectivity index is 1.36. The van der Waals surface area contributed by atoms with Gasteiger partial charge in [-0.1, -0.05) is 36.4 Å². The monoisotopic (exact) mass is 444 g/mol. The maximum atomic E-state index is 15.0. The van der Waals surface area contributed by atoms with Crippen molar-refractivity contribution >= 4 is 5.97 Å². The van der Waals surface area contributed by atoms with Crippen molar-refractivity contribution < 1.29 is 18.7 Å². The highest BCUT2D eigenvalue weighted by Gasteiger charge is 2.45. The van der Waals surface area contributed by atoms with Crippen LogP contribution in [0.15, 0.2) is 54.6 Å². The maximum absolute atomic E-state index is 15.0. The zero-order chi connectivity index (χ0) is 23.1. The molecule has 2 aliphatic carbocycles. The second-order valence-electron chi connectivity index (χ2n) is 9.17. The molecule has 3 atom stereocenters. The number of fused-ring (bicyclic) bond motifs is 1. The zero-order valence-corrected chi connectivity index (χ0v) is 19.4. The third-order valence-corrected chi connectivity index (χ3v) is 7.00. The molecule has 4 heteroatoms. The number of carbonyl (C=O) groups is 1. The summed E-state index contributed by atoms with van der Waals surface area (Å²) in [5.41, 5.74) is 7.57. The second kappa shape index (κ2) is 8.66. The van der Waals surface area contributed by atoms with E-state index < -0.39 is 0 Å². The summed E-state index contributed by atoms with van der Waals surface area (Å²) in [6.45, 7) is 6.46. The lowest BCUT2D eigenvalue weighted by atomic mass is 9.90. The molecule has 0 amide bonds. The van der Waals surface area contributed by atoms with Crippen LogP contribution in [0.2, 0.25) is 0 Å². The van der Waals surface area contributed by atoms with Crippen LogP contribution in [0, 0.1) is 25.6 Å². The topological polar surface area (TPSA) is 35.5 Å². The smallest absolute Gasteiger partial charge is 0.309 e. The number of ether oxygens (including phenoxy) is 2. The van der Waals surface area contributed by atoms with Gasteiger partial charge in [-0.15, -0.1) is 0 Å². The molecule has 0 bridgehead atoms. The molecule has 0 saturated heterocycles. The van der Waals surface area contributed by atoms with Crippen LogP contribution in [0.3, 0.4) is 0 Å². The van der Waals surface area contributed by atoms with Crippen LogP contribution in [0.4, 0.5) is 4.39 Å². The Morgan fingerprint density at radius 2 is 1.76 bits per heavy atom. The summed E-state index contributed by atoms with van der Waals surface area (Å²) in [6, 6.07) is 17.6. The third-order valence-electron chi connectivity index (χ3n) is 7.00. The Bertz CT molecular complexity index is 1180. The summed E-state index contributed by atoms with van der Waals surface area (Å²) in [6.07, 6.45) is 2.08. The van der Waals surface area contributed by atoms with E-state index >= 15 is 0 Å². The van der Waals surface area contributed by atoms with Gasteiger partial charge in [-0.3, -0.25) is 4.79 Å². The summed E-state index contributed by atoms with van der Waals surface area (Å²) < 4.78 is 26.4. The first kappa shape index (κ1) is 21.7. The van der Waals surface area contributed by atoms with Crippen LogP contribution in [-0.2, 0) is 16.0 Å². The first-order valence-electron chi connectivity index (χ1n) is 11.8. The molecule has 170 valence electrons. The molecule has 2 aliphatic rings. The molecule has 1 saturated carbocycles. The molecular weight excluding hydrogens is 415 g/mol. The Morgan fingerprint density at radius 1 is 1.03 bits per heavy atom. The van der Waals surface area contributed by atoms with Crippen LogP contribution in [0.5, 0.6) is 5.75 Å². The molecule has 3 aromatic rings. The van der Waals surface area contributed by atoms with Crippen molar-refractivity contribution in [2.24, 2.45) is 5.92 Å². The van der Waals surface area contributed by atoms with Crippen molar-refractivity contribution in [3.05, 3.63) is 88.2 Å². The number of aryl methyl sites for hydroxylation is 2. The van der Waals surface area contributed by atoms with Crippen LogP contribution in [0.1, 0.15) is 59.6 Å². The van der Waals surface area contributed by atoms with Crippen LogP contribution in [0.25, 0.3) is 11.1 Å². The molecule has 0 heterocycles. The lowest BCUT2D eigenvalue weighted by Crippen LogP contribution is -2.07. The van der Waals surface area contributed by atoms with Gasteiger partial charge in [0.2, 0.25) is 0 Å². The summed E-state index contributed by atoms with van der Waals surface area (Å²) in [7, 11) is 0. The number of rotatable bonds is 6. The standard InChI is InChI=1S/C29H29FO3/c1-4-32-29(31)24-16-23(24)19-8-10-20(11-9-19)33-26-15-13-22-21(12-14-25(30)28(22)26)27-17(2)6-5-7-18(27)3/h5-12,14,23-24,26H,4,13,15-16H2,1-3H3/t23?,24?,26-/m1/s1. The zero-order valence-electron chi connectivity index (χ0n) is 19.4. The SMILES string of the molecule is CCOC(=O)C1CC1c1ccc(O[C@@H]2CCc3c(-c4c(C)cccc4C)ccc(F)c32)cc1. The van der Waals surface area contributed by atoms with Gasteiger partial charge in [0.1, 0.15) is 17.7 Å². The van der Waals surface area contributed by atoms with Crippen LogP contribution in [-0.4, -0.2) is 12.6 Å². The van der Waals surface area contributed by atoms with E-state index in [0.29, 0.717) is 12.2 Å². The maximum Gasteiger partial charge on any atom is 0.309 e. The molecule has 0 aromatic heterocycles. The quantitative estimate of drug-likeness (QED) is 0.390. The minimum Gasteiger partial charge on any atom is -0.486 e. The highest BCUT2D eigenvalue weighted by atomic mass is 19.1. The summed E-state index contributed by atoms with van der Waals surface area (Å²) >= 11 is 0. The average Bonchev–Trinajstić information content (AvgIpc) is 3.49. The third kappa shape index (κ3) is 4.03. The fourth-order valence-corrected chi connectivity index (χ4v) is 5.30. The number of halogens is 1. The number of hydrogen-bond donors (Lipinski definition) is 0. The number of hydrogen-bond acceptors (Lipinski definition) is 3. The van der Waals surface area contributed by atoms with E-state index in [9.17, 15) is 9.18 Å². The van der Waals surface area contributed by atoms with Gasteiger partial charge in [0.25, 0.3) is 0 Å². The van der Waals surface area contributed by atoms with Crippen molar-refractivity contribution in [1.82, 2.24) is 0 Å². The molecule has 3 nitrogen and oxygen atoms in total. The fraction of sp³-hybridized carbons (Fsp3) is 0.345. The fourth-order valence-electron chi connectivity index (χ4n) is 5.30. The molecule has 0 spiro atoms. The van der Waals surface area contributed by atoms with E-state index in [-0.39, 0.29) is 29.7 Å². The number of esters is 1. The van der Waals surface area contributed by atoms with Crippen LogP contribution < -0.4 is 4.74 Å². The van der Waals surface area contributed by atoms with Gasteiger partial charge >= 0.3 is 5.97 Å². The Hall–Kier alpha value is -3.14. The molecule has 1 fully saturated rings. The summed E-state index contributed by atoms with van der Waals surface area (Å²) in [4.78, 5) is 11.9. The van der Waals surface area contributed by atoms with Crippen molar-refractivity contribution in [1.29, 1.82) is 0 Å². The minimum absolute atomic E-state index is 0.0316. The normalized spacial score (nSPS) is 20.9. The Kier molecular flexibility index (Phi) is 5.69. The Morgan fingerprint density at radius 3 is 2.45 bits per heavy atom. The van der Waals surface area contributed by atoms with E-state index in [0.717, 1.165) is 41.7 Å². The molecule has 33 heavy (non-hydrogen) atoms. The first-order chi connectivity index (χ1) is 16.0. The molecule has 0 aliphatic heterocycles. The van der Waals surface area contributed by atoms with E-state index in [2.05, 4.69) is 32.0 Å². The molecule has 3 aromatic carbocycles.